The second-order valence-corrected chi connectivity index (χ2v) is 4.45. The lowest BCUT2D eigenvalue weighted by molar-refractivity contribution is 0.112. The van der Waals surface area contributed by atoms with Crippen LogP contribution in [0.25, 0.3) is 10.1 Å². The van der Waals surface area contributed by atoms with E-state index in [0.29, 0.717) is 5.56 Å². The maximum Gasteiger partial charge on any atom is 0.151 e. The van der Waals surface area contributed by atoms with Crippen LogP contribution < -0.4 is 0 Å². The number of aromatic nitrogens is 1. The molecule has 0 bridgehead atoms. The number of nitrogens with zero attached hydrogens (tertiary/aromatic N) is 1. The zero-order chi connectivity index (χ0) is 9.42. The van der Waals surface area contributed by atoms with E-state index in [1.54, 1.807) is 0 Å². The lowest BCUT2D eigenvalue weighted by Crippen LogP contribution is -1.80. The number of aldehydes is 1. The molecule has 1 aromatic heterocycles. The van der Waals surface area contributed by atoms with Gasteiger partial charge >= 0.3 is 0 Å². The molecular formula is C9H6BrNOS. The molecule has 0 fully saturated rings. The van der Waals surface area contributed by atoms with Gasteiger partial charge in [0.2, 0.25) is 0 Å². The second-order valence-electron chi connectivity index (χ2n) is 2.76. The van der Waals surface area contributed by atoms with Crippen LogP contribution in [0.4, 0.5) is 0 Å². The Morgan fingerprint density at radius 3 is 3.00 bits per heavy atom. The number of hydrogen-bond acceptors (Lipinski definition) is 3. The summed E-state index contributed by atoms with van der Waals surface area (Å²) in [5.74, 6) is 0. The van der Waals surface area contributed by atoms with Crippen molar-refractivity contribution >= 4 is 43.8 Å². The molecule has 13 heavy (non-hydrogen) atoms. The van der Waals surface area contributed by atoms with Gasteiger partial charge in [0.05, 0.1) is 10.4 Å². The molecule has 0 radical (unpaired) electrons. The molecule has 0 saturated heterocycles. The van der Waals surface area contributed by atoms with E-state index in [0.717, 1.165) is 26.5 Å². The minimum atomic E-state index is 0.704. The first-order valence-corrected chi connectivity index (χ1v) is 5.29. The zero-order valence-corrected chi connectivity index (χ0v) is 9.28. The van der Waals surface area contributed by atoms with Gasteiger partial charge in [-0.2, -0.15) is 4.37 Å². The largest absolute Gasteiger partial charge is 0.298 e. The van der Waals surface area contributed by atoms with Crippen molar-refractivity contribution in [1.29, 1.82) is 0 Å². The molecule has 4 heteroatoms. The van der Waals surface area contributed by atoms with Crippen molar-refractivity contribution in [3.63, 3.8) is 0 Å². The summed E-state index contributed by atoms with van der Waals surface area (Å²) in [6.45, 7) is 1.94. The second kappa shape index (κ2) is 3.20. The van der Waals surface area contributed by atoms with Crippen LogP contribution in [-0.2, 0) is 0 Å². The number of carbonyl (C=O) groups excluding carboxylic acids is 1. The molecule has 2 rings (SSSR count). The Balaban J connectivity index is 2.91. The third-order valence-corrected chi connectivity index (χ3v) is 3.33. The monoisotopic (exact) mass is 255 g/mol. The first-order chi connectivity index (χ1) is 6.22. The number of rotatable bonds is 1. The zero-order valence-electron chi connectivity index (χ0n) is 6.87. The molecule has 0 aliphatic rings. The molecule has 1 heterocycles. The molecule has 66 valence electrons. The Kier molecular flexibility index (Phi) is 2.17. The predicted molar refractivity (Wildman–Crippen MR) is 57.4 cm³/mol. The van der Waals surface area contributed by atoms with Gasteiger partial charge in [-0.3, -0.25) is 4.79 Å². The van der Waals surface area contributed by atoms with E-state index in [9.17, 15) is 4.79 Å². The highest BCUT2D eigenvalue weighted by molar-refractivity contribution is 9.10. The summed E-state index contributed by atoms with van der Waals surface area (Å²) < 4.78 is 6.10. The highest BCUT2D eigenvalue weighted by Crippen LogP contribution is 2.28. The van der Waals surface area contributed by atoms with Crippen molar-refractivity contribution in [2.24, 2.45) is 0 Å². The molecule has 1 aromatic carbocycles. The maximum absolute atomic E-state index is 10.7. The predicted octanol–water partition coefficient (Wildman–Crippen LogP) is 3.18. The van der Waals surface area contributed by atoms with E-state index in [2.05, 4.69) is 20.3 Å². The molecule has 2 aromatic rings. The molecule has 2 nitrogen and oxygen atoms in total. The fourth-order valence-electron chi connectivity index (χ4n) is 1.24. The van der Waals surface area contributed by atoms with E-state index in [4.69, 9.17) is 0 Å². The van der Waals surface area contributed by atoms with Crippen LogP contribution >= 0.6 is 27.5 Å². The van der Waals surface area contributed by atoms with E-state index < -0.39 is 0 Å². The number of carbonyl (C=O) groups is 1. The highest BCUT2D eigenvalue weighted by atomic mass is 79.9. The maximum atomic E-state index is 10.7. The molecular weight excluding hydrogens is 250 g/mol. The fourth-order valence-corrected chi connectivity index (χ4v) is 2.56. The van der Waals surface area contributed by atoms with Crippen molar-refractivity contribution in [3.05, 3.63) is 27.9 Å². The van der Waals surface area contributed by atoms with Gasteiger partial charge in [0, 0.05) is 15.4 Å². The summed E-state index contributed by atoms with van der Waals surface area (Å²) in [6.07, 6.45) is 0.866. The van der Waals surface area contributed by atoms with Gasteiger partial charge in [0.15, 0.2) is 6.29 Å². The Labute approximate surface area is 87.9 Å². The Bertz CT molecular complexity index is 478. The standard InChI is InChI=1S/C9H6BrNOS/c1-5-8-3-7(10)2-6(4-12)9(8)13-11-5/h2-4H,1H3. The molecule has 0 N–H and O–H groups in total. The topological polar surface area (TPSA) is 30.0 Å². The minimum Gasteiger partial charge on any atom is -0.298 e. The van der Waals surface area contributed by atoms with Crippen LogP contribution in [0.3, 0.4) is 0 Å². The number of aryl methyl sites for hydroxylation is 1. The lowest BCUT2D eigenvalue weighted by Gasteiger charge is -1.95. The summed E-state index contributed by atoms with van der Waals surface area (Å²) in [4.78, 5) is 10.7. The van der Waals surface area contributed by atoms with Gasteiger partial charge in [-0.15, -0.1) is 0 Å². The van der Waals surface area contributed by atoms with Crippen LogP contribution in [0.5, 0.6) is 0 Å². The van der Waals surface area contributed by atoms with Crippen LogP contribution in [0.15, 0.2) is 16.6 Å². The van der Waals surface area contributed by atoms with E-state index in [1.165, 1.54) is 11.5 Å². The van der Waals surface area contributed by atoms with Gasteiger partial charge < -0.3 is 0 Å². The van der Waals surface area contributed by atoms with Crippen LogP contribution in [-0.4, -0.2) is 10.7 Å². The van der Waals surface area contributed by atoms with Crippen LogP contribution in [0.1, 0.15) is 16.1 Å². The smallest absolute Gasteiger partial charge is 0.151 e. The molecule has 0 amide bonds. The van der Waals surface area contributed by atoms with Gasteiger partial charge in [-0.05, 0) is 30.6 Å². The quantitative estimate of drug-likeness (QED) is 0.733. The molecule has 0 aliphatic heterocycles. The van der Waals surface area contributed by atoms with Crippen molar-refractivity contribution in [2.75, 3.05) is 0 Å². The van der Waals surface area contributed by atoms with Crippen LogP contribution in [0.2, 0.25) is 0 Å². The molecule has 0 unspecified atom stereocenters. The molecule has 0 saturated carbocycles. The van der Waals surface area contributed by atoms with Gasteiger partial charge in [0.1, 0.15) is 0 Å². The van der Waals surface area contributed by atoms with Crippen molar-refractivity contribution in [2.45, 2.75) is 6.92 Å². The van der Waals surface area contributed by atoms with Crippen molar-refractivity contribution < 1.29 is 4.79 Å². The number of halogens is 1. The third-order valence-electron chi connectivity index (χ3n) is 1.87. The average molecular weight is 256 g/mol. The SMILES string of the molecule is Cc1nsc2c(C=O)cc(Br)cc12. The Morgan fingerprint density at radius 2 is 2.31 bits per heavy atom. The van der Waals surface area contributed by atoms with Crippen LogP contribution in [0, 0.1) is 6.92 Å². The number of hydrogen-bond donors (Lipinski definition) is 0. The minimum absolute atomic E-state index is 0.704. The first-order valence-electron chi connectivity index (χ1n) is 3.73. The van der Waals surface area contributed by atoms with E-state index in [-0.39, 0.29) is 0 Å². The first kappa shape index (κ1) is 8.84. The average Bonchev–Trinajstić information content (AvgIpc) is 2.47. The Hall–Kier alpha value is -0.740. The summed E-state index contributed by atoms with van der Waals surface area (Å²) >= 11 is 4.73. The van der Waals surface area contributed by atoms with E-state index in [1.807, 2.05) is 19.1 Å². The van der Waals surface area contributed by atoms with Gasteiger partial charge in [0.25, 0.3) is 0 Å². The summed E-state index contributed by atoms with van der Waals surface area (Å²) in [7, 11) is 0. The Morgan fingerprint density at radius 1 is 1.54 bits per heavy atom. The van der Waals surface area contributed by atoms with Gasteiger partial charge in [-0.25, -0.2) is 0 Å². The number of benzene rings is 1. The van der Waals surface area contributed by atoms with Crippen molar-refractivity contribution in [3.8, 4) is 0 Å². The molecule has 0 atom stereocenters. The fraction of sp³-hybridized carbons (Fsp3) is 0.111. The third kappa shape index (κ3) is 1.40. The summed E-state index contributed by atoms with van der Waals surface area (Å²) in [5.41, 5.74) is 1.68. The van der Waals surface area contributed by atoms with Gasteiger partial charge in [-0.1, -0.05) is 15.9 Å². The lowest BCUT2D eigenvalue weighted by atomic mass is 10.1. The summed E-state index contributed by atoms with van der Waals surface area (Å²) in [6, 6.07) is 3.80. The van der Waals surface area contributed by atoms with E-state index >= 15 is 0 Å². The normalized spacial score (nSPS) is 10.6. The molecule has 0 aliphatic carbocycles. The highest BCUT2D eigenvalue weighted by Gasteiger charge is 2.07. The molecule has 0 spiro atoms. The van der Waals surface area contributed by atoms with Crippen molar-refractivity contribution in [1.82, 2.24) is 4.37 Å². The summed E-state index contributed by atoms with van der Waals surface area (Å²) in [5, 5.41) is 1.06. The number of fused-ring (bicyclic) bond motifs is 1.